The SMILES string of the molecule is C=C[C@H]1CC(CCC=O)OC(c2ccc(OC)cc2)O1. The van der Waals surface area contributed by atoms with Crippen LogP contribution in [0, 0.1) is 0 Å². The lowest BCUT2D eigenvalue weighted by atomic mass is 10.0. The highest BCUT2D eigenvalue weighted by atomic mass is 16.7. The van der Waals surface area contributed by atoms with Crippen molar-refractivity contribution in [2.45, 2.75) is 37.8 Å². The zero-order valence-electron chi connectivity index (χ0n) is 11.7. The van der Waals surface area contributed by atoms with Gasteiger partial charge in [-0.25, -0.2) is 0 Å². The van der Waals surface area contributed by atoms with Crippen LogP contribution in [-0.4, -0.2) is 25.6 Å². The van der Waals surface area contributed by atoms with Gasteiger partial charge in [0.1, 0.15) is 12.0 Å². The summed E-state index contributed by atoms with van der Waals surface area (Å²) in [4.78, 5) is 10.5. The Morgan fingerprint density at radius 2 is 2.10 bits per heavy atom. The quantitative estimate of drug-likeness (QED) is 0.592. The number of carbonyl (C=O) groups excluding carboxylic acids is 1. The van der Waals surface area contributed by atoms with Crippen LogP contribution in [0.25, 0.3) is 0 Å². The maximum absolute atomic E-state index is 10.5. The molecule has 0 radical (unpaired) electrons. The third-order valence-corrected chi connectivity index (χ3v) is 3.37. The average molecular weight is 276 g/mol. The van der Waals surface area contributed by atoms with E-state index in [9.17, 15) is 4.79 Å². The Hall–Kier alpha value is -1.65. The van der Waals surface area contributed by atoms with Crippen molar-refractivity contribution in [1.82, 2.24) is 0 Å². The molecule has 0 spiro atoms. The zero-order chi connectivity index (χ0) is 14.4. The van der Waals surface area contributed by atoms with Crippen molar-refractivity contribution in [3.63, 3.8) is 0 Å². The van der Waals surface area contributed by atoms with Crippen LogP contribution in [0.3, 0.4) is 0 Å². The molecule has 0 amide bonds. The molecule has 0 saturated carbocycles. The summed E-state index contributed by atoms with van der Waals surface area (Å²) in [5.74, 6) is 0.794. The van der Waals surface area contributed by atoms with Crippen LogP contribution >= 0.6 is 0 Å². The lowest BCUT2D eigenvalue weighted by molar-refractivity contribution is -0.237. The highest BCUT2D eigenvalue weighted by molar-refractivity contribution is 5.49. The maximum Gasteiger partial charge on any atom is 0.184 e. The molecule has 1 aliphatic heterocycles. The van der Waals surface area contributed by atoms with Gasteiger partial charge in [0.05, 0.1) is 19.3 Å². The van der Waals surface area contributed by atoms with Gasteiger partial charge in [-0.1, -0.05) is 18.2 Å². The van der Waals surface area contributed by atoms with Crippen LogP contribution in [0.15, 0.2) is 36.9 Å². The van der Waals surface area contributed by atoms with Crippen molar-refractivity contribution in [2.75, 3.05) is 7.11 Å². The van der Waals surface area contributed by atoms with E-state index in [2.05, 4.69) is 6.58 Å². The Kier molecular flexibility index (Phi) is 5.32. The second-order valence-electron chi connectivity index (χ2n) is 4.75. The fourth-order valence-electron chi connectivity index (χ4n) is 2.25. The summed E-state index contributed by atoms with van der Waals surface area (Å²) in [7, 11) is 1.63. The van der Waals surface area contributed by atoms with Gasteiger partial charge in [0.2, 0.25) is 0 Å². The van der Waals surface area contributed by atoms with Crippen LogP contribution in [-0.2, 0) is 14.3 Å². The minimum absolute atomic E-state index is 0.0176. The summed E-state index contributed by atoms with van der Waals surface area (Å²) in [6.45, 7) is 3.78. The molecule has 0 aromatic heterocycles. The van der Waals surface area contributed by atoms with Gasteiger partial charge < -0.3 is 19.0 Å². The predicted molar refractivity (Wildman–Crippen MR) is 75.6 cm³/mol. The van der Waals surface area contributed by atoms with Gasteiger partial charge in [0.25, 0.3) is 0 Å². The minimum Gasteiger partial charge on any atom is -0.497 e. The highest BCUT2D eigenvalue weighted by Gasteiger charge is 2.29. The Bertz CT molecular complexity index is 440. The molecule has 0 bridgehead atoms. The number of aldehydes is 1. The largest absolute Gasteiger partial charge is 0.497 e. The van der Waals surface area contributed by atoms with Gasteiger partial charge in [0.15, 0.2) is 6.29 Å². The third kappa shape index (κ3) is 3.68. The molecule has 3 atom stereocenters. The summed E-state index contributed by atoms with van der Waals surface area (Å²) in [5.41, 5.74) is 0.938. The molecular formula is C16H20O4. The first-order valence-electron chi connectivity index (χ1n) is 6.78. The van der Waals surface area contributed by atoms with Crippen LogP contribution < -0.4 is 4.74 Å². The minimum atomic E-state index is -0.422. The Morgan fingerprint density at radius 3 is 2.70 bits per heavy atom. The van der Waals surface area contributed by atoms with Crippen molar-refractivity contribution in [3.8, 4) is 5.75 Å². The Labute approximate surface area is 119 Å². The second kappa shape index (κ2) is 7.22. The topological polar surface area (TPSA) is 44.8 Å². The number of rotatable bonds is 6. The van der Waals surface area contributed by atoms with E-state index in [1.807, 2.05) is 24.3 Å². The molecule has 4 nitrogen and oxygen atoms in total. The zero-order valence-corrected chi connectivity index (χ0v) is 11.7. The molecule has 1 fully saturated rings. The van der Waals surface area contributed by atoms with Gasteiger partial charge in [-0.15, -0.1) is 6.58 Å². The third-order valence-electron chi connectivity index (χ3n) is 3.37. The molecule has 1 heterocycles. The molecular weight excluding hydrogens is 256 g/mol. The summed E-state index contributed by atoms with van der Waals surface area (Å²) < 4.78 is 16.9. The molecule has 108 valence electrons. The molecule has 1 aromatic rings. The van der Waals surface area contributed by atoms with Crippen LogP contribution in [0.1, 0.15) is 31.1 Å². The number of methoxy groups -OCH3 is 1. The number of benzene rings is 1. The van der Waals surface area contributed by atoms with E-state index in [0.29, 0.717) is 12.8 Å². The number of ether oxygens (including phenoxy) is 3. The van der Waals surface area contributed by atoms with Crippen LogP contribution in [0.2, 0.25) is 0 Å². The number of carbonyl (C=O) groups is 1. The normalized spacial score (nSPS) is 25.9. The van der Waals surface area contributed by atoms with E-state index in [4.69, 9.17) is 14.2 Å². The van der Waals surface area contributed by atoms with Crippen molar-refractivity contribution in [3.05, 3.63) is 42.5 Å². The molecule has 20 heavy (non-hydrogen) atoms. The lowest BCUT2D eigenvalue weighted by Gasteiger charge is -2.34. The van der Waals surface area contributed by atoms with Crippen molar-refractivity contribution in [1.29, 1.82) is 0 Å². The maximum atomic E-state index is 10.5. The Balaban J connectivity index is 2.07. The van der Waals surface area contributed by atoms with Crippen LogP contribution in [0.5, 0.6) is 5.75 Å². The van der Waals surface area contributed by atoms with Gasteiger partial charge in [-0.05, 0) is 18.6 Å². The first kappa shape index (κ1) is 14.8. The standard InChI is InChI=1S/C16H20O4/c1-3-13-11-15(5-4-10-17)20-16(19-13)12-6-8-14(18-2)9-7-12/h3,6-10,13,15-16H,1,4-5,11H2,2H3/t13-,15?,16?/m0/s1. The van der Waals surface area contributed by atoms with Gasteiger partial charge in [0, 0.05) is 18.4 Å². The average Bonchev–Trinajstić information content (AvgIpc) is 2.52. The lowest BCUT2D eigenvalue weighted by Crippen LogP contribution is -2.32. The number of hydrogen-bond donors (Lipinski definition) is 0. The Morgan fingerprint density at radius 1 is 1.35 bits per heavy atom. The molecule has 1 aromatic carbocycles. The van der Waals surface area contributed by atoms with Crippen molar-refractivity contribution in [2.24, 2.45) is 0 Å². The highest BCUT2D eigenvalue weighted by Crippen LogP contribution is 2.32. The molecule has 1 saturated heterocycles. The summed E-state index contributed by atoms with van der Waals surface area (Å²) in [5, 5.41) is 0. The smallest absolute Gasteiger partial charge is 0.184 e. The molecule has 2 rings (SSSR count). The van der Waals surface area contributed by atoms with Crippen molar-refractivity contribution >= 4 is 6.29 Å². The van der Waals surface area contributed by atoms with E-state index in [1.165, 1.54) is 0 Å². The summed E-state index contributed by atoms with van der Waals surface area (Å²) in [6, 6.07) is 7.59. The van der Waals surface area contributed by atoms with E-state index in [0.717, 1.165) is 24.0 Å². The van der Waals surface area contributed by atoms with Gasteiger partial charge >= 0.3 is 0 Å². The van der Waals surface area contributed by atoms with Gasteiger partial charge in [-0.3, -0.25) is 0 Å². The molecule has 1 aliphatic rings. The van der Waals surface area contributed by atoms with E-state index in [-0.39, 0.29) is 12.2 Å². The van der Waals surface area contributed by atoms with E-state index >= 15 is 0 Å². The molecule has 4 heteroatoms. The van der Waals surface area contributed by atoms with Gasteiger partial charge in [-0.2, -0.15) is 0 Å². The van der Waals surface area contributed by atoms with E-state index < -0.39 is 6.29 Å². The van der Waals surface area contributed by atoms with Crippen LogP contribution in [0.4, 0.5) is 0 Å². The van der Waals surface area contributed by atoms with E-state index in [1.54, 1.807) is 13.2 Å². The first-order chi connectivity index (χ1) is 9.76. The fourth-order valence-corrected chi connectivity index (χ4v) is 2.25. The first-order valence-corrected chi connectivity index (χ1v) is 6.78. The molecule has 0 N–H and O–H groups in total. The predicted octanol–water partition coefficient (Wildman–Crippen LogP) is 3.03. The summed E-state index contributed by atoms with van der Waals surface area (Å²) >= 11 is 0. The molecule has 0 aliphatic carbocycles. The fraction of sp³-hybridized carbons (Fsp3) is 0.438. The summed E-state index contributed by atoms with van der Waals surface area (Å²) in [6.07, 6.45) is 4.21. The monoisotopic (exact) mass is 276 g/mol. The number of hydrogen-bond acceptors (Lipinski definition) is 4. The van der Waals surface area contributed by atoms with Crippen molar-refractivity contribution < 1.29 is 19.0 Å². The molecule has 2 unspecified atom stereocenters. The second-order valence-corrected chi connectivity index (χ2v) is 4.75.